The Balaban J connectivity index is 1.85. The van der Waals surface area contributed by atoms with E-state index >= 15 is 0 Å². The molecule has 8 heteroatoms. The number of carbonyl (C=O) groups is 2. The van der Waals surface area contributed by atoms with Crippen molar-refractivity contribution in [3.63, 3.8) is 0 Å². The number of piperazine rings is 1. The molecule has 6 nitrogen and oxygen atoms in total. The van der Waals surface area contributed by atoms with Gasteiger partial charge in [-0.25, -0.2) is 9.78 Å². The molecule has 1 saturated heterocycles. The Bertz CT molecular complexity index is 828. The number of carbonyl (C=O) groups excluding carboxylic acids is 1. The molecule has 1 N–H and O–H groups in total. The maximum absolute atomic E-state index is 12.7. The zero-order chi connectivity index (χ0) is 17.4. The highest BCUT2D eigenvalue weighted by molar-refractivity contribution is 6.37. The van der Waals surface area contributed by atoms with Crippen LogP contribution in [0.2, 0.25) is 10.2 Å². The van der Waals surface area contributed by atoms with E-state index < -0.39 is 6.09 Å². The van der Waals surface area contributed by atoms with Gasteiger partial charge >= 0.3 is 6.09 Å². The lowest BCUT2D eigenvalue weighted by Crippen LogP contribution is -2.55. The molecular weight excluding hydrogens is 353 g/mol. The third-order valence-electron chi connectivity index (χ3n) is 4.14. The number of pyridine rings is 1. The Kier molecular flexibility index (Phi) is 4.51. The smallest absolute Gasteiger partial charge is 0.407 e. The van der Waals surface area contributed by atoms with E-state index in [0.717, 1.165) is 5.39 Å². The summed E-state index contributed by atoms with van der Waals surface area (Å²) in [6.07, 6.45) is -0.964. The molecule has 0 spiro atoms. The SMILES string of the molecule is C[C@H]1CN(C(=O)c2ccc3c(Cl)cc(Cl)nc3c2)CCN1C(=O)O. The van der Waals surface area contributed by atoms with Crippen LogP contribution in [0.15, 0.2) is 24.3 Å². The quantitative estimate of drug-likeness (QED) is 0.784. The lowest BCUT2D eigenvalue weighted by atomic mass is 10.1. The number of amides is 2. The first-order chi connectivity index (χ1) is 11.4. The Labute approximate surface area is 148 Å². The summed E-state index contributed by atoms with van der Waals surface area (Å²) < 4.78 is 0. The van der Waals surface area contributed by atoms with Crippen molar-refractivity contribution in [3.8, 4) is 0 Å². The van der Waals surface area contributed by atoms with Crippen molar-refractivity contribution in [2.75, 3.05) is 19.6 Å². The Morgan fingerprint density at radius 3 is 2.67 bits per heavy atom. The predicted octanol–water partition coefficient (Wildman–Crippen LogP) is 3.37. The minimum Gasteiger partial charge on any atom is -0.465 e. The minimum atomic E-state index is -0.964. The van der Waals surface area contributed by atoms with Gasteiger partial charge in [0.15, 0.2) is 0 Å². The van der Waals surface area contributed by atoms with Gasteiger partial charge in [-0.2, -0.15) is 0 Å². The van der Waals surface area contributed by atoms with Gasteiger partial charge in [0.2, 0.25) is 0 Å². The topological polar surface area (TPSA) is 73.7 Å². The van der Waals surface area contributed by atoms with Crippen molar-refractivity contribution in [1.82, 2.24) is 14.8 Å². The molecule has 1 aromatic carbocycles. The molecule has 0 saturated carbocycles. The van der Waals surface area contributed by atoms with Gasteiger partial charge in [0.1, 0.15) is 5.15 Å². The van der Waals surface area contributed by atoms with Crippen LogP contribution in [0.1, 0.15) is 17.3 Å². The van der Waals surface area contributed by atoms with Crippen molar-refractivity contribution >= 4 is 46.1 Å². The minimum absolute atomic E-state index is 0.160. The lowest BCUT2D eigenvalue weighted by molar-refractivity contribution is 0.0507. The normalized spacial score (nSPS) is 18.0. The average Bonchev–Trinajstić information content (AvgIpc) is 2.52. The molecular formula is C16H15Cl2N3O3. The van der Waals surface area contributed by atoms with Crippen LogP contribution in [0.4, 0.5) is 4.79 Å². The molecule has 0 bridgehead atoms. The highest BCUT2D eigenvalue weighted by Crippen LogP contribution is 2.26. The maximum atomic E-state index is 12.7. The molecule has 1 atom stereocenters. The monoisotopic (exact) mass is 367 g/mol. The van der Waals surface area contributed by atoms with Gasteiger partial charge in [-0.05, 0) is 25.1 Å². The molecule has 1 aromatic heterocycles. The number of nitrogens with zero attached hydrogens (tertiary/aromatic N) is 3. The van der Waals surface area contributed by atoms with Crippen LogP contribution in [0.5, 0.6) is 0 Å². The summed E-state index contributed by atoms with van der Waals surface area (Å²) in [5.41, 5.74) is 1.03. The van der Waals surface area contributed by atoms with Crippen molar-refractivity contribution in [1.29, 1.82) is 0 Å². The number of hydrogen-bond acceptors (Lipinski definition) is 3. The van der Waals surface area contributed by atoms with Crippen LogP contribution in [0.3, 0.4) is 0 Å². The molecule has 0 radical (unpaired) electrons. The number of fused-ring (bicyclic) bond motifs is 1. The third kappa shape index (κ3) is 3.12. The average molecular weight is 368 g/mol. The fourth-order valence-electron chi connectivity index (χ4n) is 2.90. The highest BCUT2D eigenvalue weighted by atomic mass is 35.5. The van der Waals surface area contributed by atoms with Crippen molar-refractivity contribution in [3.05, 3.63) is 40.0 Å². The summed E-state index contributed by atoms with van der Waals surface area (Å²) in [6, 6.07) is 6.40. The van der Waals surface area contributed by atoms with E-state index in [-0.39, 0.29) is 17.1 Å². The molecule has 2 heterocycles. The Hall–Kier alpha value is -2.05. The van der Waals surface area contributed by atoms with E-state index in [0.29, 0.717) is 35.7 Å². The number of aromatic nitrogens is 1. The summed E-state index contributed by atoms with van der Waals surface area (Å²) in [5.74, 6) is -0.160. The number of hydrogen-bond donors (Lipinski definition) is 1. The van der Waals surface area contributed by atoms with Crippen molar-refractivity contribution in [2.24, 2.45) is 0 Å². The maximum Gasteiger partial charge on any atom is 0.407 e. The molecule has 24 heavy (non-hydrogen) atoms. The number of benzene rings is 1. The lowest BCUT2D eigenvalue weighted by Gasteiger charge is -2.38. The van der Waals surface area contributed by atoms with Crippen molar-refractivity contribution < 1.29 is 14.7 Å². The number of halogens is 2. The Morgan fingerprint density at radius 1 is 1.25 bits per heavy atom. The molecule has 0 unspecified atom stereocenters. The van der Waals surface area contributed by atoms with E-state index in [2.05, 4.69) is 4.98 Å². The van der Waals surface area contributed by atoms with Gasteiger partial charge < -0.3 is 14.9 Å². The predicted molar refractivity (Wildman–Crippen MR) is 91.9 cm³/mol. The largest absolute Gasteiger partial charge is 0.465 e. The second-order valence-electron chi connectivity index (χ2n) is 5.73. The van der Waals surface area contributed by atoms with Crippen LogP contribution < -0.4 is 0 Å². The van der Waals surface area contributed by atoms with Gasteiger partial charge in [0, 0.05) is 36.6 Å². The van der Waals surface area contributed by atoms with E-state index in [1.807, 2.05) is 0 Å². The van der Waals surface area contributed by atoms with Gasteiger partial charge in [-0.15, -0.1) is 0 Å². The van der Waals surface area contributed by atoms with Gasteiger partial charge in [0.25, 0.3) is 5.91 Å². The fraction of sp³-hybridized carbons (Fsp3) is 0.312. The summed E-state index contributed by atoms with van der Waals surface area (Å²) in [7, 11) is 0. The van der Waals surface area contributed by atoms with Crippen LogP contribution in [-0.2, 0) is 0 Å². The van der Waals surface area contributed by atoms with E-state index in [9.17, 15) is 9.59 Å². The van der Waals surface area contributed by atoms with Crippen molar-refractivity contribution in [2.45, 2.75) is 13.0 Å². The zero-order valence-corrected chi connectivity index (χ0v) is 14.4. The number of carboxylic acid groups (broad SMARTS) is 1. The van der Waals surface area contributed by atoms with Gasteiger partial charge in [-0.1, -0.05) is 29.3 Å². The third-order valence-corrected chi connectivity index (χ3v) is 4.64. The highest BCUT2D eigenvalue weighted by Gasteiger charge is 2.30. The standard InChI is InChI=1S/C16H15Cl2N3O3/c1-9-8-20(4-5-21(9)16(23)24)15(22)10-2-3-11-12(17)7-14(18)19-13(11)6-10/h2-3,6-7,9H,4-5,8H2,1H3,(H,23,24)/t9-/m0/s1. The summed E-state index contributed by atoms with van der Waals surface area (Å²) in [6.45, 7) is 2.80. The molecule has 126 valence electrons. The second-order valence-corrected chi connectivity index (χ2v) is 6.53. The summed E-state index contributed by atoms with van der Waals surface area (Å²) in [5, 5.41) is 10.6. The van der Waals surface area contributed by atoms with E-state index in [4.69, 9.17) is 28.3 Å². The first-order valence-corrected chi connectivity index (χ1v) is 8.17. The van der Waals surface area contributed by atoms with Gasteiger partial charge in [0.05, 0.1) is 10.5 Å². The zero-order valence-electron chi connectivity index (χ0n) is 12.9. The first kappa shape index (κ1) is 16.8. The summed E-state index contributed by atoms with van der Waals surface area (Å²) >= 11 is 12.0. The van der Waals surface area contributed by atoms with Crippen LogP contribution in [-0.4, -0.2) is 57.6 Å². The van der Waals surface area contributed by atoms with E-state index in [1.54, 1.807) is 36.1 Å². The Morgan fingerprint density at radius 2 is 2.00 bits per heavy atom. The summed E-state index contributed by atoms with van der Waals surface area (Å²) in [4.78, 5) is 31.0. The molecule has 1 aliphatic rings. The molecule has 1 fully saturated rings. The van der Waals surface area contributed by atoms with Crippen LogP contribution in [0.25, 0.3) is 10.9 Å². The van der Waals surface area contributed by atoms with Gasteiger partial charge in [-0.3, -0.25) is 4.79 Å². The second kappa shape index (κ2) is 6.45. The van der Waals surface area contributed by atoms with E-state index in [1.165, 1.54) is 4.90 Å². The number of rotatable bonds is 1. The van der Waals surface area contributed by atoms with Crippen LogP contribution in [0, 0.1) is 0 Å². The fourth-order valence-corrected chi connectivity index (χ4v) is 3.42. The molecule has 3 rings (SSSR count). The van der Waals surface area contributed by atoms with Crippen LogP contribution >= 0.6 is 23.2 Å². The molecule has 2 aromatic rings. The molecule has 2 amide bonds. The molecule has 1 aliphatic heterocycles. The first-order valence-electron chi connectivity index (χ1n) is 7.41. The molecule has 0 aliphatic carbocycles.